The van der Waals surface area contributed by atoms with E-state index in [1.165, 1.54) is 57.5 Å². The number of anilines is 3. The molecule has 0 radical (unpaired) electrons. The Bertz CT molecular complexity index is 1480. The molecular weight excluding hydrogens is 517 g/mol. The van der Waals surface area contributed by atoms with E-state index in [0.717, 1.165) is 0 Å². The van der Waals surface area contributed by atoms with Crippen LogP contribution in [0.25, 0.3) is 11.3 Å². The van der Waals surface area contributed by atoms with Gasteiger partial charge in [0.15, 0.2) is 17.3 Å². The normalized spacial score (nSPS) is 10.6. The highest BCUT2D eigenvalue weighted by atomic mass is 35.5. The van der Waals surface area contributed by atoms with Gasteiger partial charge in [0.05, 0.1) is 43.9 Å². The Balaban J connectivity index is 1.93. The van der Waals surface area contributed by atoms with Gasteiger partial charge >= 0.3 is 0 Å². The van der Waals surface area contributed by atoms with Crippen LogP contribution in [0.2, 0.25) is 5.02 Å². The molecule has 0 aliphatic rings. The number of methoxy groups -OCH3 is 3. The highest BCUT2D eigenvalue weighted by Gasteiger charge is 2.29. The number of nitrogens with zero attached hydrogens (tertiary/aromatic N) is 2. The van der Waals surface area contributed by atoms with Crippen molar-refractivity contribution in [1.82, 2.24) is 5.16 Å². The zero-order valence-electron chi connectivity index (χ0n) is 20.9. The molecule has 11 heteroatoms. The molecule has 1 N–H and O–H groups in total. The lowest BCUT2D eigenvalue weighted by atomic mass is 10.1. The summed E-state index contributed by atoms with van der Waals surface area (Å²) >= 11 is 6.18. The van der Waals surface area contributed by atoms with Crippen molar-refractivity contribution in [3.8, 4) is 28.6 Å². The largest absolute Gasteiger partial charge is 0.493 e. The molecule has 1 heterocycles. The van der Waals surface area contributed by atoms with Crippen molar-refractivity contribution in [1.29, 1.82) is 0 Å². The quantitative estimate of drug-likeness (QED) is 0.289. The molecular formula is C27H23ClFN3O6. The molecule has 4 aromatic rings. The van der Waals surface area contributed by atoms with E-state index in [1.54, 1.807) is 36.4 Å². The summed E-state index contributed by atoms with van der Waals surface area (Å²) in [5.41, 5.74) is 1.34. The number of ether oxygens (including phenoxy) is 3. The first-order chi connectivity index (χ1) is 18.3. The fraction of sp³-hybridized carbons (Fsp3) is 0.148. The number of halogens is 2. The number of hydrogen-bond donors (Lipinski definition) is 1. The minimum Gasteiger partial charge on any atom is -0.493 e. The number of benzene rings is 3. The molecule has 0 bridgehead atoms. The van der Waals surface area contributed by atoms with Gasteiger partial charge in [0.25, 0.3) is 5.91 Å². The Hall–Kier alpha value is -4.57. The van der Waals surface area contributed by atoms with Crippen LogP contribution in [0.3, 0.4) is 0 Å². The summed E-state index contributed by atoms with van der Waals surface area (Å²) in [5, 5.41) is 6.27. The molecule has 4 rings (SSSR count). The van der Waals surface area contributed by atoms with Crippen LogP contribution in [0, 0.1) is 5.82 Å². The summed E-state index contributed by atoms with van der Waals surface area (Å²) < 4.78 is 36.0. The second-order valence-corrected chi connectivity index (χ2v) is 8.30. The van der Waals surface area contributed by atoms with Gasteiger partial charge in [-0.05, 0) is 30.3 Å². The fourth-order valence-corrected chi connectivity index (χ4v) is 4.10. The van der Waals surface area contributed by atoms with Crippen LogP contribution in [0.5, 0.6) is 17.2 Å². The SMILES string of the molecule is COc1cc(N(C(=O)c2cnoc2-c2cccc(F)c2Cl)c2cccc(NC(C)=O)c2)cc(OC)c1OC. The number of rotatable bonds is 8. The molecule has 1 aromatic heterocycles. The maximum atomic E-state index is 14.2. The van der Waals surface area contributed by atoms with Crippen LogP contribution >= 0.6 is 11.6 Å². The van der Waals surface area contributed by atoms with Crippen molar-refractivity contribution in [3.05, 3.63) is 77.2 Å². The lowest BCUT2D eigenvalue weighted by Crippen LogP contribution is -2.26. The average molecular weight is 540 g/mol. The third-order valence-electron chi connectivity index (χ3n) is 5.53. The zero-order chi connectivity index (χ0) is 27.4. The predicted molar refractivity (Wildman–Crippen MR) is 140 cm³/mol. The smallest absolute Gasteiger partial charge is 0.268 e. The number of aromatic nitrogens is 1. The third kappa shape index (κ3) is 5.12. The Morgan fingerprint density at radius 3 is 2.29 bits per heavy atom. The zero-order valence-corrected chi connectivity index (χ0v) is 21.6. The predicted octanol–water partition coefficient (Wildman–Crippen LogP) is 6.10. The van der Waals surface area contributed by atoms with E-state index in [-0.39, 0.29) is 27.8 Å². The molecule has 3 aromatic carbocycles. The first-order valence-corrected chi connectivity index (χ1v) is 11.6. The van der Waals surface area contributed by atoms with Crippen molar-refractivity contribution >= 4 is 40.5 Å². The first-order valence-electron chi connectivity index (χ1n) is 11.2. The molecule has 2 amide bonds. The van der Waals surface area contributed by atoms with E-state index in [2.05, 4.69) is 10.5 Å². The molecule has 38 heavy (non-hydrogen) atoms. The van der Waals surface area contributed by atoms with Crippen LogP contribution in [0.15, 0.2) is 65.3 Å². The van der Waals surface area contributed by atoms with E-state index in [0.29, 0.717) is 34.3 Å². The van der Waals surface area contributed by atoms with Crippen LogP contribution in [-0.2, 0) is 4.79 Å². The van der Waals surface area contributed by atoms with Gasteiger partial charge in [-0.1, -0.05) is 28.9 Å². The van der Waals surface area contributed by atoms with E-state index >= 15 is 0 Å². The highest BCUT2D eigenvalue weighted by molar-refractivity contribution is 6.33. The molecule has 0 spiro atoms. The maximum absolute atomic E-state index is 14.2. The minimum absolute atomic E-state index is 0.0104. The standard InChI is InChI=1S/C27H23ClFN3O6/c1-15(33)31-16-7-5-8-17(11-16)32(18-12-22(35-2)26(37-4)23(13-18)36-3)27(34)20-14-30-38-25(20)19-9-6-10-21(29)24(19)28/h5-14H,1-4H3,(H,31,33). The summed E-state index contributed by atoms with van der Waals surface area (Å²) in [4.78, 5) is 27.2. The summed E-state index contributed by atoms with van der Waals surface area (Å²) in [5.74, 6) is -0.632. The molecule has 0 saturated heterocycles. The molecule has 0 atom stereocenters. The molecule has 0 saturated carbocycles. The molecule has 0 aliphatic heterocycles. The van der Waals surface area contributed by atoms with E-state index < -0.39 is 11.7 Å². The van der Waals surface area contributed by atoms with Crippen LogP contribution in [0.1, 0.15) is 17.3 Å². The van der Waals surface area contributed by atoms with Gasteiger partial charge in [0.1, 0.15) is 11.4 Å². The first kappa shape index (κ1) is 26.5. The Morgan fingerprint density at radius 2 is 1.66 bits per heavy atom. The van der Waals surface area contributed by atoms with Gasteiger partial charge in [0.2, 0.25) is 11.7 Å². The lowest BCUT2D eigenvalue weighted by molar-refractivity contribution is -0.114. The Morgan fingerprint density at radius 1 is 0.974 bits per heavy atom. The number of nitrogens with one attached hydrogen (secondary N) is 1. The van der Waals surface area contributed by atoms with Gasteiger partial charge in [-0.2, -0.15) is 0 Å². The second-order valence-electron chi connectivity index (χ2n) is 7.93. The van der Waals surface area contributed by atoms with Crippen LogP contribution in [0.4, 0.5) is 21.5 Å². The van der Waals surface area contributed by atoms with E-state index in [1.807, 2.05) is 0 Å². The fourth-order valence-electron chi connectivity index (χ4n) is 3.89. The maximum Gasteiger partial charge on any atom is 0.268 e. The average Bonchev–Trinajstić information content (AvgIpc) is 3.39. The third-order valence-corrected chi connectivity index (χ3v) is 5.92. The van der Waals surface area contributed by atoms with Gasteiger partial charge in [-0.25, -0.2) is 4.39 Å². The number of amides is 2. The second kappa shape index (κ2) is 11.2. The number of carbonyl (C=O) groups excluding carboxylic acids is 2. The molecule has 196 valence electrons. The summed E-state index contributed by atoms with van der Waals surface area (Å²) in [6, 6.07) is 14.0. The molecule has 0 fully saturated rings. The minimum atomic E-state index is -0.677. The van der Waals surface area contributed by atoms with Crippen LogP contribution < -0.4 is 24.4 Å². The molecule has 0 unspecified atom stereocenters. The van der Waals surface area contributed by atoms with Crippen molar-refractivity contribution in [3.63, 3.8) is 0 Å². The van der Waals surface area contributed by atoms with E-state index in [9.17, 15) is 14.0 Å². The number of hydrogen-bond acceptors (Lipinski definition) is 7. The van der Waals surface area contributed by atoms with Crippen molar-refractivity contribution < 1.29 is 32.7 Å². The molecule has 9 nitrogen and oxygen atoms in total. The Kier molecular flexibility index (Phi) is 7.82. The molecule has 0 aliphatic carbocycles. The van der Waals surface area contributed by atoms with Crippen molar-refractivity contribution in [2.24, 2.45) is 0 Å². The van der Waals surface area contributed by atoms with Gasteiger partial charge in [-0.15, -0.1) is 0 Å². The summed E-state index contributed by atoms with van der Waals surface area (Å²) in [7, 11) is 4.37. The monoisotopic (exact) mass is 539 g/mol. The summed E-state index contributed by atoms with van der Waals surface area (Å²) in [6.07, 6.45) is 1.22. The number of carbonyl (C=O) groups is 2. The lowest BCUT2D eigenvalue weighted by Gasteiger charge is -2.25. The van der Waals surface area contributed by atoms with Crippen LogP contribution in [-0.4, -0.2) is 38.3 Å². The van der Waals surface area contributed by atoms with Crippen molar-refractivity contribution in [2.75, 3.05) is 31.5 Å². The Labute approximate surface area is 222 Å². The summed E-state index contributed by atoms with van der Waals surface area (Å²) in [6.45, 7) is 1.38. The van der Waals surface area contributed by atoms with Crippen molar-refractivity contribution in [2.45, 2.75) is 6.92 Å². The van der Waals surface area contributed by atoms with Gasteiger partial charge in [0, 0.05) is 30.3 Å². The van der Waals surface area contributed by atoms with Gasteiger partial charge in [-0.3, -0.25) is 14.5 Å². The topological polar surface area (TPSA) is 103 Å². The van der Waals surface area contributed by atoms with Gasteiger partial charge < -0.3 is 24.1 Å². The van der Waals surface area contributed by atoms with E-state index in [4.69, 9.17) is 30.3 Å². The highest BCUT2D eigenvalue weighted by Crippen LogP contribution is 2.44.